The van der Waals surface area contributed by atoms with E-state index < -0.39 is 6.10 Å². The summed E-state index contributed by atoms with van der Waals surface area (Å²) in [7, 11) is 1.87. The van der Waals surface area contributed by atoms with Crippen LogP contribution in [-0.2, 0) is 0 Å². The van der Waals surface area contributed by atoms with Crippen molar-refractivity contribution in [1.82, 2.24) is 0 Å². The van der Waals surface area contributed by atoms with Gasteiger partial charge in [-0.15, -0.1) is 0 Å². The topological polar surface area (TPSA) is 49.5 Å². The average Bonchev–Trinajstić information content (AvgIpc) is 3.26. The van der Waals surface area contributed by atoms with Crippen molar-refractivity contribution < 1.29 is 5.11 Å². The van der Waals surface area contributed by atoms with Gasteiger partial charge >= 0.3 is 0 Å². The lowest BCUT2D eigenvalue weighted by atomic mass is 9.91. The molecular formula is C19H26N2O. The number of nitrogens with two attached hydrogens (primary N) is 1. The first-order valence-electron chi connectivity index (χ1n) is 8.12. The summed E-state index contributed by atoms with van der Waals surface area (Å²) in [5.41, 5.74) is 6.79. The smallest absolute Gasteiger partial charge is 0.0804 e. The van der Waals surface area contributed by atoms with Gasteiger partial charge in [0.1, 0.15) is 0 Å². The maximum atomic E-state index is 10.5. The van der Waals surface area contributed by atoms with Crippen molar-refractivity contribution >= 4 is 17.8 Å². The maximum absolute atomic E-state index is 10.5. The van der Waals surface area contributed by atoms with Gasteiger partial charge in [0, 0.05) is 12.6 Å². The van der Waals surface area contributed by atoms with Crippen LogP contribution in [0.15, 0.2) is 18.2 Å². The van der Waals surface area contributed by atoms with Gasteiger partial charge in [-0.3, -0.25) is 0 Å². The number of anilines is 1. The number of aliphatic hydroxyl groups excluding tert-OH is 1. The van der Waals surface area contributed by atoms with Crippen molar-refractivity contribution in [2.45, 2.75) is 45.1 Å². The Balaban J connectivity index is 2.24. The molecule has 0 saturated heterocycles. The summed E-state index contributed by atoms with van der Waals surface area (Å²) < 4.78 is 0. The van der Waals surface area contributed by atoms with Gasteiger partial charge in [0.15, 0.2) is 0 Å². The Morgan fingerprint density at radius 3 is 2.64 bits per heavy atom. The summed E-state index contributed by atoms with van der Waals surface area (Å²) in [5, 5.41) is 12.1. The van der Waals surface area contributed by atoms with E-state index in [1.165, 1.54) is 24.0 Å². The molecule has 0 spiro atoms. The molecular weight excluding hydrogens is 272 g/mol. The number of hydrazine groups is 1. The first kappa shape index (κ1) is 15.3. The molecule has 0 heterocycles. The number of nitrogens with zero attached hydrogens (tertiary/aromatic N) is 1. The van der Waals surface area contributed by atoms with Crippen molar-refractivity contribution in [2.24, 2.45) is 11.8 Å². The lowest BCUT2D eigenvalue weighted by Crippen LogP contribution is -2.26. The zero-order valence-corrected chi connectivity index (χ0v) is 13.8. The number of hydrogen-bond donors (Lipinski definition) is 2. The second-order valence-electron chi connectivity index (χ2n) is 6.86. The Labute approximate surface area is 133 Å². The number of benzene rings is 1. The molecule has 3 nitrogen and oxygen atoms in total. The van der Waals surface area contributed by atoms with E-state index in [0.29, 0.717) is 11.8 Å². The minimum Gasteiger partial charge on any atom is -0.388 e. The number of rotatable bonds is 4. The van der Waals surface area contributed by atoms with E-state index in [9.17, 15) is 5.11 Å². The van der Waals surface area contributed by atoms with Crippen LogP contribution in [0.2, 0.25) is 0 Å². The molecule has 3 rings (SSSR count). The van der Waals surface area contributed by atoms with Gasteiger partial charge in [-0.1, -0.05) is 31.2 Å². The molecule has 3 N–H and O–H groups in total. The molecule has 0 aromatic heterocycles. The van der Waals surface area contributed by atoms with Gasteiger partial charge in [0.25, 0.3) is 0 Å². The van der Waals surface area contributed by atoms with Gasteiger partial charge in [-0.05, 0) is 60.8 Å². The van der Waals surface area contributed by atoms with Crippen molar-refractivity contribution in [3.63, 3.8) is 0 Å². The molecule has 3 heteroatoms. The molecule has 1 aromatic carbocycles. The monoisotopic (exact) mass is 298 g/mol. The zero-order chi connectivity index (χ0) is 16.0. The fraction of sp³-hybridized carbons (Fsp3) is 0.474. The fourth-order valence-corrected chi connectivity index (χ4v) is 3.65. The van der Waals surface area contributed by atoms with Gasteiger partial charge in [0.05, 0.1) is 11.8 Å². The Morgan fingerprint density at radius 2 is 2.09 bits per heavy atom. The normalized spacial score (nSPS) is 24.3. The standard InChI is InChI=1S/C19H26N2O/c1-5-14-16(8-11(2)13-6-7-13)17(21(4)20)10-15-12(3)9-18(22)19(14)15/h5,8,10,12-13,18,22H,1,6-7,9,20H2,2-4H3/b11-8+. The van der Waals surface area contributed by atoms with Crippen LogP contribution < -0.4 is 10.9 Å². The molecule has 1 fully saturated rings. The van der Waals surface area contributed by atoms with Crippen LogP contribution in [0, 0.1) is 5.92 Å². The molecule has 118 valence electrons. The van der Waals surface area contributed by atoms with Crippen LogP contribution in [0.5, 0.6) is 0 Å². The highest BCUT2D eigenvalue weighted by atomic mass is 16.3. The number of aliphatic hydroxyl groups is 1. The molecule has 0 aliphatic heterocycles. The third kappa shape index (κ3) is 2.49. The molecule has 0 amide bonds. The quantitative estimate of drug-likeness (QED) is 0.652. The lowest BCUT2D eigenvalue weighted by molar-refractivity contribution is 0.174. The minimum absolute atomic E-state index is 0.352. The molecule has 1 saturated carbocycles. The molecule has 0 bridgehead atoms. The second kappa shape index (κ2) is 5.56. The predicted octanol–water partition coefficient (Wildman–Crippen LogP) is 3.99. The number of hydrogen-bond acceptors (Lipinski definition) is 3. The maximum Gasteiger partial charge on any atom is 0.0804 e. The van der Waals surface area contributed by atoms with Crippen molar-refractivity contribution in [3.05, 3.63) is 40.5 Å². The van der Waals surface area contributed by atoms with Crippen molar-refractivity contribution in [1.29, 1.82) is 0 Å². The van der Waals surface area contributed by atoms with Gasteiger partial charge in [0.2, 0.25) is 0 Å². The van der Waals surface area contributed by atoms with E-state index in [2.05, 4.69) is 32.6 Å². The van der Waals surface area contributed by atoms with Gasteiger partial charge in [-0.25, -0.2) is 5.84 Å². The van der Waals surface area contributed by atoms with Crippen LogP contribution in [0.1, 0.15) is 67.4 Å². The highest BCUT2D eigenvalue weighted by Crippen LogP contribution is 2.47. The lowest BCUT2D eigenvalue weighted by Gasteiger charge is -2.22. The largest absolute Gasteiger partial charge is 0.388 e. The van der Waals surface area contributed by atoms with Crippen LogP contribution in [0.4, 0.5) is 5.69 Å². The zero-order valence-electron chi connectivity index (χ0n) is 13.8. The van der Waals surface area contributed by atoms with E-state index in [1.54, 1.807) is 5.01 Å². The highest BCUT2D eigenvalue weighted by Gasteiger charge is 2.32. The van der Waals surface area contributed by atoms with Gasteiger partial charge in [-0.2, -0.15) is 0 Å². The second-order valence-corrected chi connectivity index (χ2v) is 6.86. The molecule has 2 aliphatic rings. The molecule has 0 radical (unpaired) electrons. The predicted molar refractivity (Wildman–Crippen MR) is 93.5 cm³/mol. The van der Waals surface area contributed by atoms with Crippen LogP contribution >= 0.6 is 0 Å². The summed E-state index contributed by atoms with van der Waals surface area (Å²) >= 11 is 0. The van der Waals surface area contributed by atoms with Gasteiger partial charge < -0.3 is 10.1 Å². The molecule has 2 aliphatic carbocycles. The summed E-state index contributed by atoms with van der Waals surface area (Å²) in [5.74, 6) is 7.15. The van der Waals surface area contributed by atoms with Crippen LogP contribution in [0.3, 0.4) is 0 Å². The Hall–Kier alpha value is -1.58. The number of fused-ring (bicyclic) bond motifs is 1. The summed E-state index contributed by atoms with van der Waals surface area (Å²) in [4.78, 5) is 0. The van der Waals surface area contributed by atoms with E-state index >= 15 is 0 Å². The Kier molecular flexibility index (Phi) is 3.87. The molecule has 2 unspecified atom stereocenters. The van der Waals surface area contributed by atoms with Crippen LogP contribution in [-0.4, -0.2) is 12.2 Å². The fourth-order valence-electron chi connectivity index (χ4n) is 3.65. The summed E-state index contributed by atoms with van der Waals surface area (Å²) in [6.45, 7) is 8.35. The minimum atomic E-state index is -0.400. The highest BCUT2D eigenvalue weighted by molar-refractivity contribution is 5.81. The average molecular weight is 298 g/mol. The van der Waals surface area contributed by atoms with Crippen molar-refractivity contribution in [2.75, 3.05) is 12.1 Å². The van der Waals surface area contributed by atoms with E-state index in [1.807, 2.05) is 13.1 Å². The third-order valence-corrected chi connectivity index (χ3v) is 5.08. The Bertz CT molecular complexity index is 641. The van der Waals surface area contributed by atoms with E-state index in [4.69, 9.17) is 5.84 Å². The number of allylic oxidation sites excluding steroid dienone is 1. The van der Waals surface area contributed by atoms with Crippen LogP contribution in [0.25, 0.3) is 12.2 Å². The Morgan fingerprint density at radius 1 is 1.41 bits per heavy atom. The molecule has 1 aromatic rings. The van der Waals surface area contributed by atoms with Crippen molar-refractivity contribution in [3.8, 4) is 0 Å². The summed E-state index contributed by atoms with van der Waals surface area (Å²) in [6, 6.07) is 2.15. The van der Waals surface area contributed by atoms with E-state index in [0.717, 1.165) is 28.8 Å². The SMILES string of the molecule is C=Cc1c(/C=C(\C)C2CC2)c(N(C)N)cc2c1C(O)CC2C. The summed E-state index contributed by atoms with van der Waals surface area (Å²) in [6.07, 6.45) is 7.05. The molecule has 22 heavy (non-hydrogen) atoms. The molecule has 2 atom stereocenters. The first-order valence-corrected chi connectivity index (χ1v) is 8.12. The first-order chi connectivity index (χ1) is 10.4. The van der Waals surface area contributed by atoms with E-state index in [-0.39, 0.29) is 0 Å². The third-order valence-electron chi connectivity index (χ3n) is 5.08.